The number of hydrogen-bond acceptors (Lipinski definition) is 1. The Bertz CT molecular complexity index is 373. The van der Waals surface area contributed by atoms with E-state index >= 15 is 0 Å². The molecule has 1 aliphatic carbocycles. The summed E-state index contributed by atoms with van der Waals surface area (Å²) in [5, 5.41) is 0. The van der Waals surface area contributed by atoms with Crippen molar-refractivity contribution >= 4 is 23.2 Å². The van der Waals surface area contributed by atoms with Crippen molar-refractivity contribution in [3.63, 3.8) is 0 Å². The number of alkyl halides is 2. The fourth-order valence-corrected chi connectivity index (χ4v) is 5.26. The predicted molar refractivity (Wildman–Crippen MR) is 82.8 cm³/mol. The van der Waals surface area contributed by atoms with E-state index in [1.807, 2.05) is 0 Å². The Balaban J connectivity index is 2.45. The monoisotopic (exact) mass is 306 g/mol. The fourth-order valence-electron chi connectivity index (χ4n) is 4.06. The quantitative estimate of drug-likeness (QED) is 0.552. The molecule has 1 aliphatic heterocycles. The minimum Gasteiger partial charge on any atom is -0.371 e. The molecule has 0 N–H and O–H groups in total. The summed E-state index contributed by atoms with van der Waals surface area (Å²) in [6.45, 7) is 17.8. The summed E-state index contributed by atoms with van der Waals surface area (Å²) in [4.78, 5) is 0. The Kier molecular flexibility index (Phi) is 3.39. The lowest BCUT2D eigenvalue weighted by molar-refractivity contribution is -0.197. The molecule has 112 valence electrons. The first-order valence-corrected chi connectivity index (χ1v) is 8.02. The number of rotatable bonds is 0. The highest BCUT2D eigenvalue weighted by Gasteiger charge is 2.76. The van der Waals surface area contributed by atoms with Gasteiger partial charge in [0, 0.05) is 11.8 Å². The zero-order valence-corrected chi connectivity index (χ0v) is 15.0. The third kappa shape index (κ3) is 2.45. The molecule has 1 saturated heterocycles. The van der Waals surface area contributed by atoms with Crippen molar-refractivity contribution in [1.82, 2.24) is 0 Å². The highest BCUT2D eigenvalue weighted by Crippen LogP contribution is 2.73. The maximum absolute atomic E-state index is 6.60. The Morgan fingerprint density at radius 3 is 1.74 bits per heavy atom. The van der Waals surface area contributed by atoms with E-state index < -0.39 is 4.33 Å². The lowest BCUT2D eigenvalue weighted by Crippen LogP contribution is -2.52. The van der Waals surface area contributed by atoms with Crippen molar-refractivity contribution in [3.05, 3.63) is 0 Å². The van der Waals surface area contributed by atoms with E-state index in [1.165, 1.54) is 0 Å². The van der Waals surface area contributed by atoms with Crippen molar-refractivity contribution in [2.45, 2.75) is 71.4 Å². The molecule has 2 rings (SSSR count). The topological polar surface area (TPSA) is 9.23 Å². The maximum atomic E-state index is 6.60. The van der Waals surface area contributed by atoms with E-state index in [4.69, 9.17) is 27.9 Å². The van der Waals surface area contributed by atoms with Gasteiger partial charge in [-0.1, -0.05) is 41.5 Å². The van der Waals surface area contributed by atoms with Crippen LogP contribution in [0.25, 0.3) is 0 Å². The molecule has 2 fully saturated rings. The first-order valence-electron chi connectivity index (χ1n) is 7.26. The normalized spacial score (nSPS) is 40.7. The van der Waals surface area contributed by atoms with Gasteiger partial charge in [-0.25, -0.2) is 0 Å². The van der Waals surface area contributed by atoms with Gasteiger partial charge in [0.2, 0.25) is 0 Å². The molecule has 0 aromatic rings. The van der Waals surface area contributed by atoms with Gasteiger partial charge in [-0.2, -0.15) is 0 Å². The van der Waals surface area contributed by atoms with Crippen LogP contribution in [0.1, 0.15) is 55.4 Å². The van der Waals surface area contributed by atoms with Crippen LogP contribution in [0.5, 0.6) is 0 Å². The van der Waals surface area contributed by atoms with Crippen molar-refractivity contribution in [2.75, 3.05) is 0 Å². The molecular weight excluding hydrogens is 279 g/mol. The highest BCUT2D eigenvalue weighted by molar-refractivity contribution is 6.51. The van der Waals surface area contributed by atoms with Crippen LogP contribution < -0.4 is 0 Å². The van der Waals surface area contributed by atoms with Crippen molar-refractivity contribution < 1.29 is 4.74 Å². The van der Waals surface area contributed by atoms with E-state index in [1.54, 1.807) is 0 Å². The van der Waals surface area contributed by atoms with Crippen molar-refractivity contribution in [2.24, 2.45) is 28.6 Å². The van der Waals surface area contributed by atoms with Gasteiger partial charge >= 0.3 is 0 Å². The minimum atomic E-state index is -0.624. The second-order valence-corrected chi connectivity index (χ2v) is 10.5. The molecular formula is C16H28Cl2O. The molecule has 0 radical (unpaired) electrons. The van der Waals surface area contributed by atoms with Crippen LogP contribution in [0, 0.1) is 28.6 Å². The van der Waals surface area contributed by atoms with Crippen LogP contribution >= 0.6 is 23.2 Å². The van der Waals surface area contributed by atoms with Crippen LogP contribution in [-0.4, -0.2) is 16.0 Å². The zero-order valence-electron chi connectivity index (χ0n) is 13.5. The van der Waals surface area contributed by atoms with Crippen LogP contribution in [0.3, 0.4) is 0 Å². The molecule has 0 aromatic heterocycles. The smallest absolute Gasteiger partial charge is 0.127 e. The van der Waals surface area contributed by atoms with E-state index in [-0.39, 0.29) is 28.5 Å². The number of fused-ring (bicyclic) bond motifs is 1. The van der Waals surface area contributed by atoms with Gasteiger partial charge in [0.25, 0.3) is 0 Å². The summed E-state index contributed by atoms with van der Waals surface area (Å²) in [6, 6.07) is 0. The minimum absolute atomic E-state index is 0.0899. The molecule has 1 nitrogen and oxygen atoms in total. The average molecular weight is 307 g/mol. The van der Waals surface area contributed by atoms with Gasteiger partial charge in [0.1, 0.15) is 4.33 Å². The zero-order chi connectivity index (χ0) is 15.0. The number of ether oxygens (including phenoxy) is 1. The van der Waals surface area contributed by atoms with Gasteiger partial charge in [-0.05, 0) is 30.6 Å². The van der Waals surface area contributed by atoms with Gasteiger partial charge in [-0.3, -0.25) is 0 Å². The first-order chi connectivity index (χ1) is 8.21. The molecule has 2 aliphatic rings. The van der Waals surface area contributed by atoms with Gasteiger partial charge in [0.15, 0.2) is 0 Å². The standard InChI is InChI=1S/C16H28Cl2O/c1-13(2,3)10-9-11(16(9,17)18)15(7,8)19-12(10)14(4,5)6/h9-12H,1-8H3. The van der Waals surface area contributed by atoms with Gasteiger partial charge < -0.3 is 4.74 Å². The van der Waals surface area contributed by atoms with Crippen molar-refractivity contribution in [3.8, 4) is 0 Å². The molecule has 0 amide bonds. The van der Waals surface area contributed by atoms with Crippen LogP contribution in [-0.2, 0) is 4.74 Å². The lowest BCUT2D eigenvalue weighted by Gasteiger charge is -2.50. The molecule has 0 aromatic carbocycles. The fraction of sp³-hybridized carbons (Fsp3) is 1.00. The Morgan fingerprint density at radius 1 is 0.895 bits per heavy atom. The summed E-state index contributed by atoms with van der Waals surface area (Å²) < 4.78 is 5.87. The van der Waals surface area contributed by atoms with Gasteiger partial charge in [0.05, 0.1) is 11.7 Å². The van der Waals surface area contributed by atoms with Crippen molar-refractivity contribution in [1.29, 1.82) is 0 Å². The van der Waals surface area contributed by atoms with Crippen LogP contribution in [0.4, 0.5) is 0 Å². The Hall–Kier alpha value is 0.540. The van der Waals surface area contributed by atoms with Crippen LogP contribution in [0.2, 0.25) is 0 Å². The SMILES string of the molecule is CC(C)(C)C1OC(C)(C)C2C(C1C(C)(C)C)C2(Cl)Cl. The van der Waals surface area contributed by atoms with E-state index in [2.05, 4.69) is 55.4 Å². The summed E-state index contributed by atoms with van der Waals surface area (Å²) in [5.41, 5.74) is -0.0105. The molecule has 1 heterocycles. The number of hydrogen-bond donors (Lipinski definition) is 0. The van der Waals surface area contributed by atoms with Gasteiger partial charge in [-0.15, -0.1) is 23.2 Å². The molecule has 1 saturated carbocycles. The van der Waals surface area contributed by atoms with E-state index in [0.717, 1.165) is 0 Å². The molecule has 0 bridgehead atoms. The summed E-state index contributed by atoms with van der Waals surface area (Å²) in [5.74, 6) is 0.968. The molecule has 19 heavy (non-hydrogen) atoms. The second kappa shape index (κ2) is 4.05. The Labute approximate surface area is 128 Å². The van der Waals surface area contributed by atoms with Crippen LogP contribution in [0.15, 0.2) is 0 Å². The molecule has 3 heteroatoms. The molecule has 4 atom stereocenters. The van der Waals surface area contributed by atoms with E-state index in [9.17, 15) is 0 Å². The highest BCUT2D eigenvalue weighted by atomic mass is 35.5. The average Bonchev–Trinajstić information content (AvgIpc) is 2.65. The maximum Gasteiger partial charge on any atom is 0.127 e. The largest absolute Gasteiger partial charge is 0.371 e. The summed E-state index contributed by atoms with van der Waals surface area (Å²) >= 11 is 13.2. The lowest BCUT2D eigenvalue weighted by atomic mass is 9.65. The third-order valence-corrected chi connectivity index (χ3v) is 5.83. The molecule has 4 unspecified atom stereocenters. The predicted octanol–water partition coefficient (Wildman–Crippen LogP) is 5.29. The first kappa shape index (κ1) is 15.9. The second-order valence-electron chi connectivity index (χ2n) is 9.08. The summed E-state index contributed by atoms with van der Waals surface area (Å²) in [6.07, 6.45) is 0.183. The molecule has 0 spiro atoms. The number of halogens is 2. The Morgan fingerprint density at radius 2 is 1.37 bits per heavy atom. The summed E-state index contributed by atoms with van der Waals surface area (Å²) in [7, 11) is 0. The third-order valence-electron chi connectivity index (χ3n) is 4.86. The van der Waals surface area contributed by atoms with E-state index in [0.29, 0.717) is 11.8 Å².